The Morgan fingerprint density at radius 3 is 2.67 bits per heavy atom. The molecule has 4 heteroatoms. The van der Waals surface area contributed by atoms with Crippen LogP contribution in [0.25, 0.3) is 0 Å². The van der Waals surface area contributed by atoms with E-state index in [1.54, 1.807) is 6.92 Å². The van der Waals surface area contributed by atoms with Crippen LogP contribution >= 0.6 is 0 Å². The Balaban J connectivity index is 2.21. The Morgan fingerprint density at radius 1 is 1.75 bits per heavy atom. The van der Waals surface area contributed by atoms with Crippen molar-refractivity contribution in [3.8, 4) is 0 Å². The summed E-state index contributed by atoms with van der Waals surface area (Å²) in [5, 5.41) is 11.6. The van der Waals surface area contributed by atoms with Crippen LogP contribution in [-0.2, 0) is 4.79 Å². The molecule has 0 aromatic carbocycles. The predicted molar refractivity (Wildman–Crippen MR) is 45.4 cm³/mol. The van der Waals surface area contributed by atoms with Crippen LogP contribution in [0.1, 0.15) is 19.8 Å². The van der Waals surface area contributed by atoms with Gasteiger partial charge in [0.25, 0.3) is 0 Å². The number of rotatable bonds is 4. The van der Waals surface area contributed by atoms with Crippen LogP contribution in [-0.4, -0.2) is 30.2 Å². The zero-order valence-corrected chi connectivity index (χ0v) is 7.34. The highest BCUT2D eigenvalue weighted by atomic mass is 16.3. The molecule has 0 aliphatic heterocycles. The standard InChI is InChI=1S/C8H16N2O2/c1-6(9)7(12)10-4-8(5-11)2-3-8/h6,11H,2-5,9H2,1H3,(H,10,12). The molecule has 0 bridgehead atoms. The normalized spacial score (nSPS) is 21.6. The molecule has 0 heterocycles. The van der Waals surface area contributed by atoms with E-state index >= 15 is 0 Å². The Hall–Kier alpha value is -0.610. The maximum atomic E-state index is 11.0. The highest BCUT2D eigenvalue weighted by Crippen LogP contribution is 2.44. The van der Waals surface area contributed by atoms with Gasteiger partial charge in [-0.1, -0.05) is 0 Å². The van der Waals surface area contributed by atoms with Crippen LogP contribution in [0.15, 0.2) is 0 Å². The molecule has 0 aromatic rings. The zero-order chi connectivity index (χ0) is 9.19. The third-order valence-electron chi connectivity index (χ3n) is 2.34. The Bertz CT molecular complexity index is 176. The van der Waals surface area contributed by atoms with E-state index in [4.69, 9.17) is 10.8 Å². The van der Waals surface area contributed by atoms with Crippen molar-refractivity contribution >= 4 is 5.91 Å². The molecule has 12 heavy (non-hydrogen) atoms. The summed E-state index contributed by atoms with van der Waals surface area (Å²) in [4.78, 5) is 11.0. The van der Waals surface area contributed by atoms with Gasteiger partial charge in [-0.3, -0.25) is 4.79 Å². The molecule has 4 nitrogen and oxygen atoms in total. The third-order valence-corrected chi connectivity index (χ3v) is 2.34. The third kappa shape index (κ3) is 2.19. The van der Waals surface area contributed by atoms with Crippen molar-refractivity contribution in [3.63, 3.8) is 0 Å². The first-order valence-corrected chi connectivity index (χ1v) is 4.24. The monoisotopic (exact) mass is 172 g/mol. The van der Waals surface area contributed by atoms with Crippen molar-refractivity contribution in [1.82, 2.24) is 5.32 Å². The lowest BCUT2D eigenvalue weighted by molar-refractivity contribution is -0.122. The number of aliphatic hydroxyl groups excluding tert-OH is 1. The highest BCUT2D eigenvalue weighted by Gasteiger charge is 2.42. The topological polar surface area (TPSA) is 75.4 Å². The number of carbonyl (C=O) groups excluding carboxylic acids is 1. The summed E-state index contributed by atoms with van der Waals surface area (Å²) >= 11 is 0. The molecule has 1 saturated carbocycles. The summed E-state index contributed by atoms with van der Waals surface area (Å²) in [5.74, 6) is -0.144. The number of aliphatic hydroxyl groups is 1. The molecule has 1 aliphatic carbocycles. The van der Waals surface area contributed by atoms with Gasteiger partial charge in [0.1, 0.15) is 0 Å². The number of amides is 1. The fourth-order valence-corrected chi connectivity index (χ4v) is 1.00. The van der Waals surface area contributed by atoms with Crippen LogP contribution in [0.5, 0.6) is 0 Å². The molecule has 1 atom stereocenters. The Labute approximate surface area is 72.1 Å². The largest absolute Gasteiger partial charge is 0.396 e. The van der Waals surface area contributed by atoms with Crippen molar-refractivity contribution in [3.05, 3.63) is 0 Å². The smallest absolute Gasteiger partial charge is 0.236 e. The molecule has 70 valence electrons. The van der Waals surface area contributed by atoms with Gasteiger partial charge in [-0.15, -0.1) is 0 Å². The molecule has 1 unspecified atom stereocenters. The van der Waals surface area contributed by atoms with Crippen molar-refractivity contribution in [2.75, 3.05) is 13.2 Å². The van der Waals surface area contributed by atoms with Gasteiger partial charge >= 0.3 is 0 Å². The second-order valence-corrected chi connectivity index (χ2v) is 3.66. The first-order valence-electron chi connectivity index (χ1n) is 4.24. The number of nitrogens with one attached hydrogen (secondary N) is 1. The van der Waals surface area contributed by atoms with Gasteiger partial charge in [-0.05, 0) is 19.8 Å². The van der Waals surface area contributed by atoms with Crippen molar-refractivity contribution in [2.24, 2.45) is 11.1 Å². The van der Waals surface area contributed by atoms with Gasteiger partial charge in [0.05, 0.1) is 12.6 Å². The summed E-state index contributed by atoms with van der Waals surface area (Å²) in [5.41, 5.74) is 5.33. The first kappa shape index (κ1) is 9.48. The lowest BCUT2D eigenvalue weighted by Crippen LogP contribution is -2.41. The van der Waals surface area contributed by atoms with Gasteiger partial charge in [0, 0.05) is 12.0 Å². The molecule has 0 saturated heterocycles. The van der Waals surface area contributed by atoms with Gasteiger partial charge in [-0.25, -0.2) is 0 Å². The zero-order valence-electron chi connectivity index (χ0n) is 7.34. The summed E-state index contributed by atoms with van der Waals surface area (Å²) < 4.78 is 0. The van der Waals surface area contributed by atoms with E-state index in [0.717, 1.165) is 12.8 Å². The molecular weight excluding hydrogens is 156 g/mol. The number of hydrogen-bond donors (Lipinski definition) is 3. The lowest BCUT2D eigenvalue weighted by atomic mass is 10.1. The highest BCUT2D eigenvalue weighted by molar-refractivity contribution is 5.81. The molecule has 1 fully saturated rings. The Kier molecular flexibility index (Phi) is 2.69. The first-order chi connectivity index (χ1) is 5.59. The fraction of sp³-hybridized carbons (Fsp3) is 0.875. The fourth-order valence-electron chi connectivity index (χ4n) is 1.00. The van der Waals surface area contributed by atoms with Crippen molar-refractivity contribution in [1.29, 1.82) is 0 Å². The van der Waals surface area contributed by atoms with E-state index in [9.17, 15) is 4.79 Å². The minimum atomic E-state index is -0.459. The summed E-state index contributed by atoms with van der Waals surface area (Å²) in [6, 6.07) is -0.459. The van der Waals surface area contributed by atoms with Gasteiger partial charge in [0.15, 0.2) is 0 Å². The predicted octanol–water partition coefficient (Wildman–Crippen LogP) is -0.778. The van der Waals surface area contributed by atoms with E-state index in [2.05, 4.69) is 5.32 Å². The molecule has 0 radical (unpaired) electrons. The molecule has 0 aromatic heterocycles. The van der Waals surface area contributed by atoms with Gasteiger partial charge < -0.3 is 16.2 Å². The van der Waals surface area contributed by atoms with Gasteiger partial charge in [-0.2, -0.15) is 0 Å². The van der Waals surface area contributed by atoms with Gasteiger partial charge in [0.2, 0.25) is 5.91 Å². The second-order valence-electron chi connectivity index (χ2n) is 3.66. The van der Waals surface area contributed by atoms with Crippen LogP contribution in [0, 0.1) is 5.41 Å². The number of carbonyl (C=O) groups is 1. The molecular formula is C8H16N2O2. The maximum absolute atomic E-state index is 11.0. The summed E-state index contributed by atoms with van der Waals surface area (Å²) in [6.45, 7) is 2.37. The minimum Gasteiger partial charge on any atom is -0.396 e. The second kappa shape index (κ2) is 3.41. The van der Waals surface area contributed by atoms with E-state index < -0.39 is 6.04 Å². The minimum absolute atomic E-state index is 0.0233. The van der Waals surface area contributed by atoms with Crippen molar-refractivity contribution < 1.29 is 9.90 Å². The number of nitrogens with two attached hydrogens (primary N) is 1. The summed E-state index contributed by atoms with van der Waals surface area (Å²) in [7, 11) is 0. The van der Waals surface area contributed by atoms with Crippen LogP contribution in [0.4, 0.5) is 0 Å². The average molecular weight is 172 g/mol. The molecule has 1 aliphatic rings. The van der Waals surface area contributed by atoms with E-state index in [1.165, 1.54) is 0 Å². The molecule has 0 spiro atoms. The van der Waals surface area contributed by atoms with E-state index in [0.29, 0.717) is 6.54 Å². The van der Waals surface area contributed by atoms with Crippen LogP contribution in [0.3, 0.4) is 0 Å². The van der Waals surface area contributed by atoms with Crippen LogP contribution in [0.2, 0.25) is 0 Å². The van der Waals surface area contributed by atoms with Crippen LogP contribution < -0.4 is 11.1 Å². The molecule has 1 rings (SSSR count). The van der Waals surface area contributed by atoms with Crippen molar-refractivity contribution in [2.45, 2.75) is 25.8 Å². The SMILES string of the molecule is CC(N)C(=O)NCC1(CO)CC1. The Morgan fingerprint density at radius 2 is 2.33 bits per heavy atom. The van der Waals surface area contributed by atoms with E-state index in [-0.39, 0.29) is 17.9 Å². The summed E-state index contributed by atoms with van der Waals surface area (Å²) in [6.07, 6.45) is 2.01. The average Bonchev–Trinajstić information content (AvgIpc) is 2.81. The van der Waals surface area contributed by atoms with E-state index in [1.807, 2.05) is 0 Å². The molecule has 1 amide bonds. The quantitative estimate of drug-likeness (QED) is 0.521. The number of hydrogen-bond acceptors (Lipinski definition) is 3. The molecule has 4 N–H and O–H groups in total. The maximum Gasteiger partial charge on any atom is 0.236 e. The lowest BCUT2D eigenvalue weighted by Gasteiger charge is -2.13.